The average molecular weight is 357 g/mol. The summed E-state index contributed by atoms with van der Waals surface area (Å²) in [7, 11) is 0. The van der Waals surface area contributed by atoms with Crippen LogP contribution in [0.1, 0.15) is 0 Å². The van der Waals surface area contributed by atoms with Crippen LogP contribution in [0.3, 0.4) is 0 Å². The van der Waals surface area contributed by atoms with Gasteiger partial charge in [0.1, 0.15) is 0 Å². The van der Waals surface area contributed by atoms with Crippen LogP contribution in [-0.4, -0.2) is 0 Å². The second kappa shape index (κ2) is 4.81. The van der Waals surface area contributed by atoms with Gasteiger partial charge in [0.15, 0.2) is 0 Å². The van der Waals surface area contributed by atoms with Crippen molar-refractivity contribution in [2.24, 2.45) is 0 Å². The lowest BCUT2D eigenvalue weighted by molar-refractivity contribution is 1.74. The molecule has 0 atom stereocenters. The molecule has 0 aliphatic rings. The minimum atomic E-state index is 1.15. The van der Waals surface area contributed by atoms with Gasteiger partial charge in [0.2, 0.25) is 0 Å². The molecule has 0 N–H and O–H groups in total. The molecule has 0 saturated heterocycles. The predicted molar refractivity (Wildman–Crippen MR) is 104 cm³/mol. The van der Waals surface area contributed by atoms with Gasteiger partial charge in [0.25, 0.3) is 0 Å². The second-order valence-corrected chi connectivity index (χ2v) is 6.80. The third-order valence-corrected chi connectivity index (χ3v) is 5.42. The standard InChI is InChI=1S/C22H13Br/c23-22-7-3-6-16-19-11-10-17-15-5-2-1-4-14(15)8-9-18(17)20(19)12-13-21(16)22/h1-13H. The number of benzene rings is 5. The van der Waals surface area contributed by atoms with Crippen LogP contribution >= 0.6 is 15.9 Å². The largest absolute Gasteiger partial charge is 0.0616 e. The van der Waals surface area contributed by atoms with Crippen molar-refractivity contribution in [3.8, 4) is 0 Å². The molecule has 0 nitrogen and oxygen atoms in total. The Labute approximate surface area is 142 Å². The Hall–Kier alpha value is -2.38. The Morgan fingerprint density at radius 2 is 0.913 bits per heavy atom. The van der Waals surface area contributed by atoms with E-state index in [2.05, 4.69) is 94.8 Å². The maximum absolute atomic E-state index is 3.66. The van der Waals surface area contributed by atoms with E-state index in [0.717, 1.165) is 4.47 Å². The molecule has 0 heterocycles. The molecule has 0 aliphatic carbocycles. The molecule has 23 heavy (non-hydrogen) atoms. The van der Waals surface area contributed by atoms with Crippen molar-refractivity contribution >= 4 is 59.0 Å². The molecule has 0 saturated carbocycles. The fourth-order valence-corrected chi connectivity index (χ4v) is 4.13. The summed E-state index contributed by atoms with van der Waals surface area (Å²) in [5, 5.41) is 10.5. The van der Waals surface area contributed by atoms with Gasteiger partial charge in [-0.2, -0.15) is 0 Å². The molecule has 0 spiro atoms. The molecular weight excluding hydrogens is 344 g/mol. The van der Waals surface area contributed by atoms with Crippen molar-refractivity contribution in [3.05, 3.63) is 83.3 Å². The van der Waals surface area contributed by atoms with Gasteiger partial charge in [-0.1, -0.05) is 88.7 Å². The molecule has 0 radical (unpaired) electrons. The van der Waals surface area contributed by atoms with E-state index in [4.69, 9.17) is 0 Å². The summed E-state index contributed by atoms with van der Waals surface area (Å²) in [6, 6.07) is 28.5. The summed E-state index contributed by atoms with van der Waals surface area (Å²) in [6.07, 6.45) is 0. The van der Waals surface area contributed by atoms with Gasteiger partial charge in [-0.3, -0.25) is 0 Å². The Morgan fingerprint density at radius 3 is 1.70 bits per heavy atom. The van der Waals surface area contributed by atoms with E-state index in [1.54, 1.807) is 0 Å². The van der Waals surface area contributed by atoms with Crippen LogP contribution in [-0.2, 0) is 0 Å². The number of fused-ring (bicyclic) bond motifs is 7. The summed E-state index contributed by atoms with van der Waals surface area (Å²) in [5.74, 6) is 0. The quantitative estimate of drug-likeness (QED) is 0.260. The van der Waals surface area contributed by atoms with Gasteiger partial charge < -0.3 is 0 Å². The second-order valence-electron chi connectivity index (χ2n) is 5.94. The topological polar surface area (TPSA) is 0 Å². The molecule has 5 aromatic rings. The zero-order valence-corrected chi connectivity index (χ0v) is 14.0. The smallest absolute Gasteiger partial charge is 0.0253 e. The highest BCUT2D eigenvalue weighted by atomic mass is 79.9. The predicted octanol–water partition coefficient (Wildman–Crippen LogP) is 7.06. The van der Waals surface area contributed by atoms with E-state index in [1.165, 1.54) is 43.1 Å². The van der Waals surface area contributed by atoms with Gasteiger partial charge in [0.05, 0.1) is 0 Å². The molecule has 5 rings (SSSR count). The molecule has 0 aliphatic heterocycles. The van der Waals surface area contributed by atoms with Crippen molar-refractivity contribution in [2.75, 3.05) is 0 Å². The van der Waals surface area contributed by atoms with Crippen LogP contribution in [0, 0.1) is 0 Å². The van der Waals surface area contributed by atoms with Crippen molar-refractivity contribution < 1.29 is 0 Å². The summed E-state index contributed by atoms with van der Waals surface area (Å²) in [6.45, 7) is 0. The van der Waals surface area contributed by atoms with Crippen molar-refractivity contribution in [1.82, 2.24) is 0 Å². The molecule has 108 valence electrons. The number of hydrogen-bond donors (Lipinski definition) is 0. The van der Waals surface area contributed by atoms with Gasteiger partial charge in [-0.05, 0) is 49.2 Å². The SMILES string of the molecule is Brc1cccc2c1ccc1c2ccc2c3ccccc3ccc21. The summed E-state index contributed by atoms with van der Waals surface area (Å²) >= 11 is 3.66. The van der Waals surface area contributed by atoms with Crippen LogP contribution in [0.5, 0.6) is 0 Å². The van der Waals surface area contributed by atoms with Gasteiger partial charge in [-0.15, -0.1) is 0 Å². The first-order valence-electron chi connectivity index (χ1n) is 7.74. The first kappa shape index (κ1) is 13.1. The van der Waals surface area contributed by atoms with E-state index in [1.807, 2.05) is 0 Å². The summed E-state index contributed by atoms with van der Waals surface area (Å²) in [4.78, 5) is 0. The highest BCUT2D eigenvalue weighted by Crippen LogP contribution is 2.36. The Bertz CT molecular complexity index is 1220. The number of rotatable bonds is 0. The fraction of sp³-hybridized carbons (Fsp3) is 0. The number of hydrogen-bond acceptors (Lipinski definition) is 0. The highest BCUT2D eigenvalue weighted by Gasteiger charge is 2.08. The Morgan fingerprint density at radius 1 is 0.391 bits per heavy atom. The molecule has 0 fully saturated rings. The van der Waals surface area contributed by atoms with E-state index in [0.29, 0.717) is 0 Å². The lowest BCUT2D eigenvalue weighted by Gasteiger charge is -2.10. The average Bonchev–Trinajstić information content (AvgIpc) is 2.61. The zero-order valence-electron chi connectivity index (χ0n) is 12.4. The van der Waals surface area contributed by atoms with E-state index in [-0.39, 0.29) is 0 Å². The van der Waals surface area contributed by atoms with Gasteiger partial charge in [-0.25, -0.2) is 0 Å². The van der Waals surface area contributed by atoms with Crippen LogP contribution in [0.2, 0.25) is 0 Å². The zero-order chi connectivity index (χ0) is 15.4. The van der Waals surface area contributed by atoms with Crippen molar-refractivity contribution in [2.45, 2.75) is 0 Å². The molecule has 0 bridgehead atoms. The third-order valence-electron chi connectivity index (χ3n) is 4.73. The summed E-state index contributed by atoms with van der Waals surface area (Å²) < 4.78 is 1.15. The van der Waals surface area contributed by atoms with E-state index < -0.39 is 0 Å². The Kier molecular flexibility index (Phi) is 2.74. The first-order chi connectivity index (χ1) is 11.3. The van der Waals surface area contributed by atoms with Crippen LogP contribution in [0.4, 0.5) is 0 Å². The molecule has 5 aromatic carbocycles. The molecule has 1 heteroatoms. The summed E-state index contributed by atoms with van der Waals surface area (Å²) in [5.41, 5.74) is 0. The minimum absolute atomic E-state index is 1.15. The maximum Gasteiger partial charge on any atom is 0.0253 e. The van der Waals surface area contributed by atoms with E-state index >= 15 is 0 Å². The van der Waals surface area contributed by atoms with Crippen LogP contribution < -0.4 is 0 Å². The van der Waals surface area contributed by atoms with Crippen molar-refractivity contribution in [3.63, 3.8) is 0 Å². The molecule has 0 unspecified atom stereocenters. The lowest BCUT2D eigenvalue weighted by Crippen LogP contribution is -1.83. The number of halogens is 1. The molecule has 0 aromatic heterocycles. The van der Waals surface area contributed by atoms with Gasteiger partial charge >= 0.3 is 0 Å². The lowest BCUT2D eigenvalue weighted by atomic mass is 9.94. The van der Waals surface area contributed by atoms with Crippen LogP contribution in [0.15, 0.2) is 83.3 Å². The Balaban J connectivity index is 2.03. The molecule has 0 amide bonds. The molecular formula is C22H13Br. The normalized spacial score (nSPS) is 11.7. The third kappa shape index (κ3) is 1.83. The van der Waals surface area contributed by atoms with Crippen molar-refractivity contribution in [1.29, 1.82) is 0 Å². The monoisotopic (exact) mass is 356 g/mol. The van der Waals surface area contributed by atoms with Gasteiger partial charge in [0, 0.05) is 4.47 Å². The minimum Gasteiger partial charge on any atom is -0.0616 e. The van der Waals surface area contributed by atoms with Crippen LogP contribution in [0.25, 0.3) is 43.1 Å². The highest BCUT2D eigenvalue weighted by molar-refractivity contribution is 9.10. The van der Waals surface area contributed by atoms with E-state index in [9.17, 15) is 0 Å². The maximum atomic E-state index is 3.66. The fourth-order valence-electron chi connectivity index (χ4n) is 3.63. The first-order valence-corrected chi connectivity index (χ1v) is 8.54.